The van der Waals surface area contributed by atoms with Gasteiger partial charge in [-0.3, -0.25) is 4.90 Å². The number of aromatic nitrogens is 1. The second kappa shape index (κ2) is 7.82. The molecule has 3 aliphatic rings. The molecule has 3 aliphatic heterocycles. The van der Waals surface area contributed by atoms with Crippen molar-refractivity contribution in [2.75, 3.05) is 31.6 Å². The molecular formula is C27H29N3O2. The van der Waals surface area contributed by atoms with Crippen molar-refractivity contribution in [3.63, 3.8) is 0 Å². The van der Waals surface area contributed by atoms with E-state index >= 15 is 0 Å². The first-order chi connectivity index (χ1) is 15.7. The Bertz CT molecular complexity index is 1120. The van der Waals surface area contributed by atoms with Gasteiger partial charge >= 0.3 is 0 Å². The van der Waals surface area contributed by atoms with Gasteiger partial charge in [-0.15, -0.1) is 0 Å². The van der Waals surface area contributed by atoms with E-state index in [2.05, 4.69) is 63.7 Å². The van der Waals surface area contributed by atoms with Crippen LogP contribution in [0.3, 0.4) is 0 Å². The number of fused-ring (bicyclic) bond motifs is 3. The zero-order chi connectivity index (χ0) is 21.5. The van der Waals surface area contributed by atoms with E-state index in [0.29, 0.717) is 17.9 Å². The molecule has 1 fully saturated rings. The fourth-order valence-electron chi connectivity index (χ4n) is 5.35. The van der Waals surface area contributed by atoms with Crippen LogP contribution in [0.1, 0.15) is 41.3 Å². The Kier molecular flexibility index (Phi) is 4.80. The molecule has 164 valence electrons. The first kappa shape index (κ1) is 19.6. The Labute approximate surface area is 189 Å². The third-order valence-corrected chi connectivity index (χ3v) is 7.30. The quantitative estimate of drug-likeness (QED) is 0.647. The van der Waals surface area contributed by atoms with Crippen molar-refractivity contribution in [1.29, 1.82) is 0 Å². The standard InChI is InChI=1S/C27H29N3O2/c1-19-6-11-24-26(29-19)32-25(17-31-24)21-9-7-20(8-10-21)16-30-14-12-27(13-15-30)18-28-23-5-3-2-4-22(23)27/h2-11,25,28H,12-18H2,1H3/t25-/m1/s1. The molecule has 5 nitrogen and oxygen atoms in total. The van der Waals surface area contributed by atoms with Crippen molar-refractivity contribution >= 4 is 5.69 Å². The Hall–Kier alpha value is -3.05. The van der Waals surface area contributed by atoms with Gasteiger partial charge in [-0.05, 0) is 67.7 Å². The molecule has 1 aromatic heterocycles. The highest BCUT2D eigenvalue weighted by Crippen LogP contribution is 2.44. The molecule has 1 spiro atoms. The molecule has 1 saturated heterocycles. The molecule has 0 saturated carbocycles. The average molecular weight is 428 g/mol. The van der Waals surface area contributed by atoms with Crippen LogP contribution >= 0.6 is 0 Å². The van der Waals surface area contributed by atoms with Crippen LogP contribution in [0, 0.1) is 6.92 Å². The van der Waals surface area contributed by atoms with E-state index in [1.165, 1.54) is 29.7 Å². The SMILES string of the molecule is Cc1ccc2c(n1)O[C@@H](c1ccc(CN3CCC4(CC3)CNc3ccccc34)cc1)CO2. The Morgan fingerprint density at radius 3 is 2.69 bits per heavy atom. The topological polar surface area (TPSA) is 46.6 Å². The smallest absolute Gasteiger partial charge is 0.257 e. The van der Waals surface area contributed by atoms with Gasteiger partial charge < -0.3 is 14.8 Å². The van der Waals surface area contributed by atoms with Crippen molar-refractivity contribution < 1.29 is 9.47 Å². The predicted molar refractivity (Wildman–Crippen MR) is 125 cm³/mol. The van der Waals surface area contributed by atoms with Gasteiger partial charge in [-0.2, -0.15) is 0 Å². The molecule has 2 aromatic carbocycles. The Morgan fingerprint density at radius 1 is 1.03 bits per heavy atom. The van der Waals surface area contributed by atoms with Gasteiger partial charge in [0, 0.05) is 29.9 Å². The highest BCUT2D eigenvalue weighted by molar-refractivity contribution is 5.60. The minimum Gasteiger partial charge on any atom is -0.484 e. The van der Waals surface area contributed by atoms with Gasteiger partial charge in [0.25, 0.3) is 5.88 Å². The van der Waals surface area contributed by atoms with E-state index in [1.807, 2.05) is 19.1 Å². The van der Waals surface area contributed by atoms with Crippen LogP contribution in [0.5, 0.6) is 11.6 Å². The number of aryl methyl sites for hydroxylation is 1. The molecule has 0 amide bonds. The summed E-state index contributed by atoms with van der Waals surface area (Å²) < 4.78 is 12.0. The molecule has 1 N–H and O–H groups in total. The summed E-state index contributed by atoms with van der Waals surface area (Å²) in [5.41, 5.74) is 6.58. The number of likely N-dealkylation sites (tertiary alicyclic amines) is 1. The van der Waals surface area contributed by atoms with E-state index in [9.17, 15) is 0 Å². The molecule has 0 unspecified atom stereocenters. The summed E-state index contributed by atoms with van der Waals surface area (Å²) >= 11 is 0. The molecular weight excluding hydrogens is 398 g/mol. The number of ether oxygens (including phenoxy) is 2. The first-order valence-corrected chi connectivity index (χ1v) is 11.6. The number of nitrogens with one attached hydrogen (secondary N) is 1. The van der Waals surface area contributed by atoms with Gasteiger partial charge in [-0.25, -0.2) is 4.98 Å². The molecule has 0 aliphatic carbocycles. The van der Waals surface area contributed by atoms with Crippen LogP contribution in [0.4, 0.5) is 5.69 Å². The molecule has 32 heavy (non-hydrogen) atoms. The molecule has 6 rings (SSSR count). The fourth-order valence-corrected chi connectivity index (χ4v) is 5.35. The molecule has 1 atom stereocenters. The minimum absolute atomic E-state index is 0.115. The third kappa shape index (κ3) is 3.51. The highest BCUT2D eigenvalue weighted by atomic mass is 16.6. The normalized spacial score (nSPS) is 21.2. The van der Waals surface area contributed by atoms with Crippen molar-refractivity contribution in [2.45, 2.75) is 37.8 Å². The van der Waals surface area contributed by atoms with Gasteiger partial charge in [0.05, 0.1) is 0 Å². The van der Waals surface area contributed by atoms with E-state index in [1.54, 1.807) is 0 Å². The summed E-state index contributed by atoms with van der Waals surface area (Å²) in [5, 5.41) is 3.63. The number of nitrogens with zero attached hydrogens (tertiary/aromatic N) is 2. The zero-order valence-corrected chi connectivity index (χ0v) is 18.5. The van der Waals surface area contributed by atoms with Gasteiger partial charge in [0.1, 0.15) is 6.61 Å². The Morgan fingerprint density at radius 2 is 1.84 bits per heavy atom. The summed E-state index contributed by atoms with van der Waals surface area (Å²) in [6.45, 7) is 6.83. The molecule has 0 radical (unpaired) electrons. The molecule has 4 heterocycles. The Balaban J connectivity index is 1.08. The number of rotatable bonds is 3. The summed E-state index contributed by atoms with van der Waals surface area (Å²) in [7, 11) is 0. The zero-order valence-electron chi connectivity index (χ0n) is 18.5. The molecule has 0 bridgehead atoms. The van der Waals surface area contributed by atoms with E-state index in [0.717, 1.165) is 43.2 Å². The van der Waals surface area contributed by atoms with Gasteiger partial charge in [0.15, 0.2) is 11.9 Å². The van der Waals surface area contributed by atoms with Crippen LogP contribution in [0.25, 0.3) is 0 Å². The van der Waals surface area contributed by atoms with E-state index in [4.69, 9.17) is 9.47 Å². The lowest BCUT2D eigenvalue weighted by atomic mass is 9.74. The van der Waals surface area contributed by atoms with Crippen molar-refractivity contribution in [3.05, 3.63) is 83.0 Å². The highest BCUT2D eigenvalue weighted by Gasteiger charge is 2.41. The lowest BCUT2D eigenvalue weighted by Crippen LogP contribution is -2.43. The number of anilines is 1. The van der Waals surface area contributed by atoms with Crippen LogP contribution in [0.2, 0.25) is 0 Å². The number of para-hydroxylation sites is 1. The lowest BCUT2D eigenvalue weighted by molar-refractivity contribution is 0.0848. The molecule has 3 aromatic rings. The number of piperidine rings is 1. The van der Waals surface area contributed by atoms with Crippen LogP contribution in [0.15, 0.2) is 60.7 Å². The lowest BCUT2D eigenvalue weighted by Gasteiger charge is -2.39. The maximum absolute atomic E-state index is 6.12. The summed E-state index contributed by atoms with van der Waals surface area (Å²) in [6.07, 6.45) is 2.32. The fraction of sp³-hybridized carbons (Fsp3) is 0.370. The van der Waals surface area contributed by atoms with Crippen LogP contribution in [-0.4, -0.2) is 36.1 Å². The van der Waals surface area contributed by atoms with Crippen LogP contribution < -0.4 is 14.8 Å². The number of hydrogen-bond acceptors (Lipinski definition) is 5. The van der Waals surface area contributed by atoms with Crippen molar-refractivity contribution in [1.82, 2.24) is 9.88 Å². The van der Waals surface area contributed by atoms with Crippen LogP contribution in [-0.2, 0) is 12.0 Å². The maximum Gasteiger partial charge on any atom is 0.257 e. The predicted octanol–water partition coefficient (Wildman–Crippen LogP) is 4.86. The van der Waals surface area contributed by atoms with E-state index in [-0.39, 0.29) is 6.10 Å². The second-order valence-corrected chi connectivity index (χ2v) is 9.37. The monoisotopic (exact) mass is 427 g/mol. The summed E-state index contributed by atoms with van der Waals surface area (Å²) in [5.74, 6) is 1.32. The maximum atomic E-state index is 6.12. The van der Waals surface area contributed by atoms with Crippen molar-refractivity contribution in [3.8, 4) is 11.6 Å². The van der Waals surface area contributed by atoms with Gasteiger partial charge in [-0.1, -0.05) is 42.5 Å². The number of benzene rings is 2. The number of hydrogen-bond donors (Lipinski definition) is 1. The minimum atomic E-state index is -0.115. The van der Waals surface area contributed by atoms with Gasteiger partial charge in [0.2, 0.25) is 0 Å². The van der Waals surface area contributed by atoms with E-state index < -0.39 is 0 Å². The third-order valence-electron chi connectivity index (χ3n) is 7.30. The second-order valence-electron chi connectivity index (χ2n) is 9.37. The summed E-state index contributed by atoms with van der Waals surface area (Å²) in [6, 6.07) is 21.5. The average Bonchev–Trinajstić information content (AvgIpc) is 3.19. The first-order valence-electron chi connectivity index (χ1n) is 11.6. The summed E-state index contributed by atoms with van der Waals surface area (Å²) in [4.78, 5) is 7.06. The number of pyridine rings is 1. The molecule has 5 heteroatoms. The van der Waals surface area contributed by atoms with Crippen molar-refractivity contribution in [2.24, 2.45) is 0 Å². The largest absolute Gasteiger partial charge is 0.484 e.